The summed E-state index contributed by atoms with van der Waals surface area (Å²) in [6.45, 7) is 11.0. The molecule has 6 rings (SSSR count). The molecule has 0 saturated carbocycles. The van der Waals surface area contributed by atoms with E-state index < -0.39 is 42.8 Å². The van der Waals surface area contributed by atoms with Crippen molar-refractivity contribution in [3.05, 3.63) is 132 Å². The minimum absolute atomic E-state index is 0.238. The zero-order valence-corrected chi connectivity index (χ0v) is 34.7. The maximum atomic E-state index is 12.3. The van der Waals surface area contributed by atoms with Crippen LogP contribution in [-0.2, 0) is 40.6 Å². The van der Waals surface area contributed by atoms with Crippen molar-refractivity contribution < 1.29 is 40.0 Å². The Kier molecular flexibility index (Phi) is 12.1. The second-order valence-corrected chi connectivity index (χ2v) is 18.8. The average Bonchev–Trinajstić information content (AvgIpc) is 3.49. The standard InChI is InChI=1S/C45H50N2O8S2/c1-32(48)55-35(24-27-41-45(4,5)43-37-20-10-7-17-34(37)23-26-39(43)47(41)29-13-15-31-57(52,53)54)18-8-11-21-40-44(2,3)42-36-19-9-6-16-33(36)22-25-38(42)46(40)28-12-14-30-56(49,50)51/h6-11,16-27H,12-15,28-31H2,1-5H3,(H-,49,50,51,52,53,54). The van der Waals surface area contributed by atoms with Crippen molar-refractivity contribution in [3.63, 3.8) is 0 Å². The van der Waals surface area contributed by atoms with Crippen LogP contribution in [0, 0.1) is 0 Å². The SMILES string of the molecule is CC(=O)OC(C=CC1=[N+](CCCCS(=O)(=O)[O-])c2ccc3ccccc3c2C1(C)C)=CC=CC=C1N(CCCCS(=O)(=O)O)c2ccc3ccccc3c2C1(C)C. The van der Waals surface area contributed by atoms with Gasteiger partial charge in [-0.1, -0.05) is 80.6 Å². The number of benzene rings is 4. The lowest BCUT2D eigenvalue weighted by Gasteiger charge is -2.27. The zero-order chi connectivity index (χ0) is 41.2. The normalized spacial score (nSPS) is 17.4. The number of carbonyl (C=O) groups is 1. The van der Waals surface area contributed by atoms with E-state index in [2.05, 4.69) is 85.7 Å². The highest BCUT2D eigenvalue weighted by Crippen LogP contribution is 2.51. The summed E-state index contributed by atoms with van der Waals surface area (Å²) in [6, 6.07) is 24.8. The van der Waals surface area contributed by atoms with Crippen molar-refractivity contribution in [2.75, 3.05) is 29.5 Å². The van der Waals surface area contributed by atoms with E-state index in [9.17, 15) is 30.7 Å². The van der Waals surface area contributed by atoms with Gasteiger partial charge in [0, 0.05) is 60.1 Å². The van der Waals surface area contributed by atoms with Gasteiger partial charge in [0.1, 0.15) is 12.3 Å². The maximum Gasteiger partial charge on any atom is 0.308 e. The van der Waals surface area contributed by atoms with Crippen molar-refractivity contribution >= 4 is 64.8 Å². The fourth-order valence-electron chi connectivity index (χ4n) is 8.40. The van der Waals surface area contributed by atoms with E-state index in [-0.39, 0.29) is 12.2 Å². The third-order valence-electron chi connectivity index (χ3n) is 10.9. The summed E-state index contributed by atoms with van der Waals surface area (Å²) in [6.07, 6.45) is 12.8. The molecule has 2 heterocycles. The molecule has 57 heavy (non-hydrogen) atoms. The van der Waals surface area contributed by atoms with Gasteiger partial charge in [-0.05, 0) is 90.6 Å². The smallest absolute Gasteiger partial charge is 0.308 e. The number of unbranched alkanes of at least 4 members (excludes halogenated alkanes) is 2. The summed E-state index contributed by atoms with van der Waals surface area (Å²) in [5, 5.41) is 4.48. The molecule has 0 aromatic heterocycles. The summed E-state index contributed by atoms with van der Waals surface area (Å²) in [5.41, 5.74) is 5.44. The molecule has 0 saturated heterocycles. The van der Waals surface area contributed by atoms with Crippen LogP contribution in [0.25, 0.3) is 21.5 Å². The van der Waals surface area contributed by atoms with Crippen LogP contribution >= 0.6 is 0 Å². The van der Waals surface area contributed by atoms with Crippen molar-refractivity contribution in [1.82, 2.24) is 0 Å². The molecule has 0 radical (unpaired) electrons. The zero-order valence-electron chi connectivity index (χ0n) is 33.1. The molecule has 2 aliphatic rings. The van der Waals surface area contributed by atoms with Crippen molar-refractivity contribution in [2.24, 2.45) is 0 Å². The highest BCUT2D eigenvalue weighted by atomic mass is 32.2. The fourth-order valence-corrected chi connectivity index (χ4v) is 9.53. The molecule has 10 nitrogen and oxygen atoms in total. The molecule has 300 valence electrons. The Morgan fingerprint density at radius 2 is 1.44 bits per heavy atom. The molecule has 0 aliphatic carbocycles. The number of anilines is 1. The molecule has 0 spiro atoms. The summed E-state index contributed by atoms with van der Waals surface area (Å²) < 4.78 is 74.1. The monoisotopic (exact) mass is 810 g/mol. The molecular formula is C45H50N2O8S2. The molecule has 0 amide bonds. The number of rotatable bonds is 15. The van der Waals surface area contributed by atoms with E-state index in [1.807, 2.05) is 48.6 Å². The number of fused-ring (bicyclic) bond motifs is 6. The number of hydrogen-bond acceptors (Lipinski definition) is 8. The summed E-state index contributed by atoms with van der Waals surface area (Å²) in [5.74, 6) is -0.879. The molecule has 0 atom stereocenters. The van der Waals surface area contributed by atoms with Gasteiger partial charge in [-0.3, -0.25) is 9.35 Å². The Labute approximate surface area is 336 Å². The number of ether oxygens (including phenoxy) is 1. The summed E-state index contributed by atoms with van der Waals surface area (Å²) in [7, 11) is -8.38. The number of hydrogen-bond donors (Lipinski definition) is 1. The molecule has 2 aliphatic heterocycles. The van der Waals surface area contributed by atoms with E-state index in [0.717, 1.165) is 49.9 Å². The van der Waals surface area contributed by atoms with E-state index in [0.29, 0.717) is 38.1 Å². The fraction of sp³-hybridized carbons (Fsp3) is 0.333. The van der Waals surface area contributed by atoms with Gasteiger partial charge in [-0.25, -0.2) is 8.42 Å². The Morgan fingerprint density at radius 1 is 0.807 bits per heavy atom. The van der Waals surface area contributed by atoms with Gasteiger partial charge in [0.15, 0.2) is 5.71 Å². The topological polar surface area (TPSA) is 144 Å². The second-order valence-electron chi connectivity index (χ2n) is 15.7. The van der Waals surface area contributed by atoms with E-state index in [1.165, 1.54) is 12.5 Å². The lowest BCUT2D eigenvalue weighted by molar-refractivity contribution is -0.438. The van der Waals surface area contributed by atoms with Gasteiger partial charge in [0.05, 0.1) is 21.3 Å². The van der Waals surface area contributed by atoms with Gasteiger partial charge in [-0.15, -0.1) is 0 Å². The molecular weight excluding hydrogens is 761 g/mol. The first kappa shape index (κ1) is 41.7. The van der Waals surface area contributed by atoms with Gasteiger partial charge < -0.3 is 14.2 Å². The predicted molar refractivity (Wildman–Crippen MR) is 227 cm³/mol. The number of allylic oxidation sites excluding steroid dienone is 7. The van der Waals surface area contributed by atoms with E-state index >= 15 is 0 Å². The molecule has 4 aromatic carbocycles. The second kappa shape index (κ2) is 16.5. The third-order valence-corrected chi connectivity index (χ3v) is 12.5. The number of carbonyl (C=O) groups excluding carboxylic acids is 1. The van der Waals surface area contributed by atoms with Crippen molar-refractivity contribution in [2.45, 2.75) is 71.1 Å². The minimum Gasteiger partial charge on any atom is -0.748 e. The van der Waals surface area contributed by atoms with Crippen LogP contribution in [0.2, 0.25) is 0 Å². The first-order valence-corrected chi connectivity index (χ1v) is 22.4. The number of esters is 1. The lowest BCUT2D eigenvalue weighted by Crippen LogP contribution is -2.28. The van der Waals surface area contributed by atoms with Crippen LogP contribution in [0.1, 0.15) is 71.4 Å². The predicted octanol–water partition coefficient (Wildman–Crippen LogP) is 8.60. The first-order valence-electron chi connectivity index (χ1n) is 19.2. The largest absolute Gasteiger partial charge is 0.748 e. The Balaban J connectivity index is 1.34. The molecule has 0 unspecified atom stereocenters. The van der Waals surface area contributed by atoms with Gasteiger partial charge in [0.25, 0.3) is 10.1 Å². The molecule has 0 fully saturated rings. The lowest BCUT2D eigenvalue weighted by atomic mass is 9.79. The van der Waals surface area contributed by atoms with Crippen LogP contribution in [0.3, 0.4) is 0 Å². The van der Waals surface area contributed by atoms with Crippen LogP contribution in [0.15, 0.2) is 121 Å². The molecule has 0 bridgehead atoms. The third kappa shape index (κ3) is 9.31. The molecule has 1 N–H and O–H groups in total. The van der Waals surface area contributed by atoms with Gasteiger partial charge >= 0.3 is 5.97 Å². The Hall–Kier alpha value is -4.88. The van der Waals surface area contributed by atoms with Gasteiger partial charge in [-0.2, -0.15) is 13.0 Å². The maximum absolute atomic E-state index is 12.3. The van der Waals surface area contributed by atoms with Crippen LogP contribution < -0.4 is 4.90 Å². The van der Waals surface area contributed by atoms with Crippen molar-refractivity contribution in [1.29, 1.82) is 0 Å². The quantitative estimate of drug-likeness (QED) is 0.0312. The summed E-state index contributed by atoms with van der Waals surface area (Å²) >= 11 is 0. The Morgan fingerprint density at radius 3 is 2.09 bits per heavy atom. The molecule has 4 aromatic rings. The van der Waals surface area contributed by atoms with Crippen LogP contribution in [0.5, 0.6) is 0 Å². The minimum atomic E-state index is -4.32. The first-order chi connectivity index (χ1) is 26.9. The van der Waals surface area contributed by atoms with E-state index in [4.69, 9.17) is 4.74 Å². The van der Waals surface area contributed by atoms with Crippen LogP contribution in [0.4, 0.5) is 11.4 Å². The van der Waals surface area contributed by atoms with Gasteiger partial charge in [0.2, 0.25) is 5.69 Å². The molecule has 12 heteroatoms. The van der Waals surface area contributed by atoms with Crippen molar-refractivity contribution in [3.8, 4) is 0 Å². The van der Waals surface area contributed by atoms with E-state index in [1.54, 1.807) is 12.2 Å². The highest BCUT2D eigenvalue weighted by Gasteiger charge is 2.45. The highest BCUT2D eigenvalue weighted by molar-refractivity contribution is 7.85. The average molecular weight is 811 g/mol. The number of nitrogens with zero attached hydrogens (tertiary/aromatic N) is 2. The Bertz CT molecular complexity index is 2600. The summed E-state index contributed by atoms with van der Waals surface area (Å²) in [4.78, 5) is 14.5. The van der Waals surface area contributed by atoms with Crippen LogP contribution in [-0.4, -0.2) is 66.8 Å².